The van der Waals surface area contributed by atoms with E-state index in [0.717, 1.165) is 21.8 Å². The Hall–Kier alpha value is -2.41. The number of hydrogen-bond donors (Lipinski definition) is 2. The van der Waals surface area contributed by atoms with Gasteiger partial charge in [-0.3, -0.25) is 9.59 Å². The van der Waals surface area contributed by atoms with Crippen molar-refractivity contribution in [1.82, 2.24) is 4.98 Å². The van der Waals surface area contributed by atoms with Gasteiger partial charge in [0.15, 0.2) is 0 Å². The summed E-state index contributed by atoms with van der Waals surface area (Å²) in [6.45, 7) is 7.36. The molecule has 2 aromatic rings. The second-order valence-corrected chi connectivity index (χ2v) is 7.79. The van der Waals surface area contributed by atoms with Gasteiger partial charge in [-0.25, -0.2) is 4.98 Å². The molecule has 0 spiro atoms. The number of anilines is 1. The molecule has 0 amide bonds. The molecule has 0 atom stereocenters. The van der Waals surface area contributed by atoms with Crippen LogP contribution in [0.25, 0.3) is 10.6 Å². The second-order valence-electron chi connectivity index (χ2n) is 6.93. The summed E-state index contributed by atoms with van der Waals surface area (Å²) in [5.74, 6) is -2.15. The number of nitrogens with zero attached hydrogens (tertiary/aromatic N) is 2. The van der Waals surface area contributed by atoms with Crippen LogP contribution in [0.4, 0.5) is 5.69 Å². The van der Waals surface area contributed by atoms with Crippen molar-refractivity contribution in [3.63, 3.8) is 0 Å². The smallest absolute Gasteiger partial charge is 0.323 e. The first-order valence-corrected chi connectivity index (χ1v) is 8.71. The number of thiazole rings is 1. The van der Waals surface area contributed by atoms with Gasteiger partial charge in [-0.15, -0.1) is 11.3 Å². The van der Waals surface area contributed by atoms with Crippen LogP contribution in [0.3, 0.4) is 0 Å². The zero-order chi connectivity index (χ0) is 18.8. The Kier molecular flexibility index (Phi) is 5.47. The number of hydrogen-bond acceptors (Lipinski definition) is 5. The lowest BCUT2D eigenvalue weighted by atomic mass is 9.93. The van der Waals surface area contributed by atoms with Crippen LogP contribution in [0.5, 0.6) is 0 Å². The Morgan fingerprint density at radius 1 is 1.16 bits per heavy atom. The van der Waals surface area contributed by atoms with Crippen LogP contribution in [-0.2, 0) is 15.0 Å². The zero-order valence-corrected chi connectivity index (χ0v) is 15.6. The molecule has 0 aliphatic rings. The van der Waals surface area contributed by atoms with E-state index in [2.05, 4.69) is 25.8 Å². The van der Waals surface area contributed by atoms with Crippen LogP contribution in [0.2, 0.25) is 0 Å². The normalized spacial score (nSPS) is 11.4. The molecule has 7 heteroatoms. The van der Waals surface area contributed by atoms with Crippen molar-refractivity contribution in [1.29, 1.82) is 0 Å². The fourth-order valence-electron chi connectivity index (χ4n) is 2.39. The van der Waals surface area contributed by atoms with Crippen molar-refractivity contribution in [3.05, 3.63) is 34.8 Å². The molecule has 0 aliphatic carbocycles. The van der Waals surface area contributed by atoms with Crippen molar-refractivity contribution in [3.8, 4) is 10.6 Å². The van der Waals surface area contributed by atoms with Crippen molar-refractivity contribution in [2.75, 3.05) is 18.0 Å². The molecule has 0 saturated carbocycles. The summed E-state index contributed by atoms with van der Waals surface area (Å²) in [4.78, 5) is 28.2. The first-order chi connectivity index (χ1) is 11.6. The summed E-state index contributed by atoms with van der Waals surface area (Å²) in [6.07, 6.45) is 0. The minimum absolute atomic E-state index is 0.0546. The van der Waals surface area contributed by atoms with Gasteiger partial charge in [-0.2, -0.15) is 0 Å². The number of aryl methyl sites for hydroxylation is 1. The Morgan fingerprint density at radius 2 is 1.76 bits per heavy atom. The van der Waals surface area contributed by atoms with Crippen LogP contribution in [-0.4, -0.2) is 40.2 Å². The van der Waals surface area contributed by atoms with Crippen molar-refractivity contribution < 1.29 is 19.8 Å². The van der Waals surface area contributed by atoms with Gasteiger partial charge in [0.1, 0.15) is 18.1 Å². The van der Waals surface area contributed by atoms with Crippen molar-refractivity contribution in [2.24, 2.45) is 0 Å². The monoisotopic (exact) mass is 362 g/mol. The van der Waals surface area contributed by atoms with Gasteiger partial charge >= 0.3 is 11.9 Å². The minimum atomic E-state index is -1.07. The number of benzene rings is 1. The Bertz CT molecular complexity index is 777. The molecule has 0 unspecified atom stereocenters. The molecular formula is C18H22N2O4S. The van der Waals surface area contributed by atoms with Crippen molar-refractivity contribution >= 4 is 29.0 Å². The fourth-order valence-corrected chi connectivity index (χ4v) is 3.43. The quantitative estimate of drug-likeness (QED) is 0.818. The molecule has 0 radical (unpaired) electrons. The third-order valence-corrected chi connectivity index (χ3v) is 4.61. The predicted molar refractivity (Wildman–Crippen MR) is 98.5 cm³/mol. The third-order valence-electron chi connectivity index (χ3n) is 3.72. The van der Waals surface area contributed by atoms with E-state index < -0.39 is 11.9 Å². The summed E-state index contributed by atoms with van der Waals surface area (Å²) >= 11 is 1.52. The van der Waals surface area contributed by atoms with Gasteiger partial charge in [0.25, 0.3) is 0 Å². The minimum Gasteiger partial charge on any atom is -0.480 e. The summed E-state index contributed by atoms with van der Waals surface area (Å²) in [5, 5.41) is 21.0. The third kappa shape index (κ3) is 4.79. The largest absolute Gasteiger partial charge is 0.480 e. The average Bonchev–Trinajstić information content (AvgIpc) is 2.96. The molecule has 2 rings (SSSR count). The molecule has 0 saturated heterocycles. The Balaban J connectivity index is 2.43. The maximum atomic E-state index is 11.1. The van der Waals surface area contributed by atoms with Crippen LogP contribution in [0.1, 0.15) is 32.0 Å². The molecule has 1 heterocycles. The molecule has 1 aromatic carbocycles. The van der Waals surface area contributed by atoms with E-state index >= 15 is 0 Å². The highest BCUT2D eigenvalue weighted by atomic mass is 32.1. The van der Waals surface area contributed by atoms with Crippen LogP contribution in [0, 0.1) is 6.92 Å². The maximum absolute atomic E-state index is 11.1. The SMILES string of the molecule is Cc1ccc(-c2nc(C(C)(C)C)cs2)cc1N(CC(=O)O)CC(=O)O. The molecule has 0 fully saturated rings. The molecular weight excluding hydrogens is 340 g/mol. The lowest BCUT2D eigenvalue weighted by Crippen LogP contribution is -2.34. The number of aliphatic carboxylic acids is 2. The van der Waals surface area contributed by atoms with Crippen molar-refractivity contribution in [2.45, 2.75) is 33.1 Å². The predicted octanol–water partition coefficient (Wildman–Crippen LogP) is 3.39. The molecule has 25 heavy (non-hydrogen) atoms. The van der Waals surface area contributed by atoms with Gasteiger partial charge < -0.3 is 15.1 Å². The van der Waals surface area contributed by atoms with Gasteiger partial charge in [-0.1, -0.05) is 32.9 Å². The van der Waals surface area contributed by atoms with Gasteiger partial charge in [0.05, 0.1) is 5.69 Å². The molecule has 1 aromatic heterocycles. The topological polar surface area (TPSA) is 90.7 Å². The van der Waals surface area contributed by atoms with E-state index in [0.29, 0.717) is 5.69 Å². The first-order valence-electron chi connectivity index (χ1n) is 7.83. The molecule has 0 aliphatic heterocycles. The molecule has 6 nitrogen and oxygen atoms in total. The number of carbonyl (C=O) groups is 2. The standard InChI is InChI=1S/C18H22N2O4S/c1-11-5-6-12(17-19-14(10-25-17)18(2,3)4)7-13(11)20(8-15(21)22)9-16(23)24/h5-7,10H,8-9H2,1-4H3,(H,21,22)(H,23,24). The highest BCUT2D eigenvalue weighted by Crippen LogP contribution is 2.32. The van der Waals surface area contributed by atoms with Crippen LogP contribution < -0.4 is 4.90 Å². The molecule has 0 bridgehead atoms. The Labute approximate surface area is 150 Å². The number of carboxylic acid groups (broad SMARTS) is 2. The van der Waals surface area contributed by atoms with E-state index in [1.165, 1.54) is 16.2 Å². The average molecular weight is 362 g/mol. The molecule has 134 valence electrons. The summed E-state index contributed by atoms with van der Waals surface area (Å²) < 4.78 is 0. The fraction of sp³-hybridized carbons (Fsp3) is 0.389. The van der Waals surface area contributed by atoms with E-state index in [1.807, 2.05) is 30.5 Å². The lowest BCUT2D eigenvalue weighted by Gasteiger charge is -2.23. The molecule has 2 N–H and O–H groups in total. The number of carboxylic acids is 2. The lowest BCUT2D eigenvalue weighted by molar-refractivity contribution is -0.136. The van der Waals surface area contributed by atoms with Gasteiger partial charge in [0.2, 0.25) is 0 Å². The zero-order valence-electron chi connectivity index (χ0n) is 14.7. The maximum Gasteiger partial charge on any atom is 0.323 e. The van der Waals surface area contributed by atoms with Gasteiger partial charge in [0, 0.05) is 22.0 Å². The summed E-state index contributed by atoms with van der Waals surface area (Å²) in [5.41, 5.74) is 3.19. The highest BCUT2D eigenvalue weighted by molar-refractivity contribution is 7.13. The van der Waals surface area contributed by atoms with E-state index in [-0.39, 0.29) is 18.5 Å². The van der Waals surface area contributed by atoms with Crippen LogP contribution in [0.15, 0.2) is 23.6 Å². The number of rotatable bonds is 6. The summed E-state index contributed by atoms with van der Waals surface area (Å²) in [7, 11) is 0. The van der Waals surface area contributed by atoms with E-state index in [1.54, 1.807) is 0 Å². The van der Waals surface area contributed by atoms with Crippen LogP contribution >= 0.6 is 11.3 Å². The highest BCUT2D eigenvalue weighted by Gasteiger charge is 2.20. The Morgan fingerprint density at radius 3 is 2.24 bits per heavy atom. The second kappa shape index (κ2) is 7.23. The van der Waals surface area contributed by atoms with E-state index in [4.69, 9.17) is 10.2 Å². The summed E-state index contributed by atoms with van der Waals surface area (Å²) in [6, 6.07) is 5.59. The number of aromatic nitrogens is 1. The van der Waals surface area contributed by atoms with E-state index in [9.17, 15) is 9.59 Å². The first kappa shape index (κ1) is 18.9. The van der Waals surface area contributed by atoms with Gasteiger partial charge in [-0.05, 0) is 18.6 Å².